The number of carbonyl (C=O) groups excluding carboxylic acids is 1. The molecule has 0 fully saturated rings. The van der Waals surface area contributed by atoms with Crippen molar-refractivity contribution in [1.29, 1.82) is 0 Å². The lowest BCUT2D eigenvalue weighted by atomic mass is 10.1. The Morgan fingerprint density at radius 3 is 2.67 bits per heavy atom. The van der Waals surface area contributed by atoms with Gasteiger partial charge in [-0.3, -0.25) is 4.79 Å². The van der Waals surface area contributed by atoms with Crippen molar-refractivity contribution in [2.24, 2.45) is 0 Å². The fraction of sp³-hybridized carbons (Fsp3) is 0.375. The molecule has 0 aliphatic heterocycles. The van der Waals surface area contributed by atoms with E-state index < -0.39 is 0 Å². The Hall–Kier alpha value is -2.30. The Labute approximate surface area is 124 Å². The maximum Gasteiger partial charge on any atom is 0.225 e. The molecule has 0 aliphatic rings. The molecule has 1 atom stereocenters. The zero-order chi connectivity index (χ0) is 15.1. The lowest BCUT2D eigenvalue weighted by Crippen LogP contribution is -2.30. The normalized spacial score (nSPS) is 11.9. The molecule has 1 heterocycles. The van der Waals surface area contributed by atoms with Gasteiger partial charge >= 0.3 is 0 Å². The van der Waals surface area contributed by atoms with Crippen LogP contribution in [0.25, 0.3) is 0 Å². The predicted molar refractivity (Wildman–Crippen MR) is 81.1 cm³/mol. The molecule has 5 heteroatoms. The van der Waals surface area contributed by atoms with Gasteiger partial charge in [0.1, 0.15) is 11.6 Å². The van der Waals surface area contributed by atoms with Crippen LogP contribution in [-0.4, -0.2) is 22.5 Å². The van der Waals surface area contributed by atoms with Crippen molar-refractivity contribution in [2.45, 2.75) is 32.7 Å². The number of carbonyl (C=O) groups is 1. The van der Waals surface area contributed by atoms with Gasteiger partial charge in [0, 0.05) is 12.4 Å². The minimum absolute atomic E-state index is 0.0117. The van der Waals surface area contributed by atoms with Gasteiger partial charge < -0.3 is 15.0 Å². The molecule has 1 aromatic heterocycles. The molecule has 1 amide bonds. The van der Waals surface area contributed by atoms with Gasteiger partial charge in [0.05, 0.1) is 19.1 Å². The number of hydrogen-bond acceptors (Lipinski definition) is 3. The molecule has 2 N–H and O–H groups in total. The first kappa shape index (κ1) is 15.1. The van der Waals surface area contributed by atoms with Crippen molar-refractivity contribution in [2.75, 3.05) is 6.61 Å². The van der Waals surface area contributed by atoms with Gasteiger partial charge in [-0.1, -0.05) is 19.1 Å². The third-order valence-electron chi connectivity index (χ3n) is 3.19. The fourth-order valence-electron chi connectivity index (χ4n) is 2.13. The number of nitrogens with one attached hydrogen (secondary N) is 2. The van der Waals surface area contributed by atoms with Crippen LogP contribution in [0.2, 0.25) is 0 Å². The van der Waals surface area contributed by atoms with Crippen molar-refractivity contribution in [1.82, 2.24) is 15.3 Å². The van der Waals surface area contributed by atoms with Gasteiger partial charge in [0.25, 0.3) is 0 Å². The van der Waals surface area contributed by atoms with Crippen molar-refractivity contribution < 1.29 is 9.53 Å². The Balaban J connectivity index is 1.91. The van der Waals surface area contributed by atoms with E-state index in [1.54, 1.807) is 12.4 Å². The van der Waals surface area contributed by atoms with E-state index in [4.69, 9.17) is 4.74 Å². The van der Waals surface area contributed by atoms with E-state index in [2.05, 4.69) is 15.3 Å². The molecule has 112 valence electrons. The number of H-pyrrole nitrogens is 1. The van der Waals surface area contributed by atoms with Crippen LogP contribution in [0.1, 0.15) is 37.7 Å². The topological polar surface area (TPSA) is 67.0 Å². The van der Waals surface area contributed by atoms with Crippen LogP contribution in [-0.2, 0) is 11.2 Å². The Morgan fingerprint density at radius 1 is 1.33 bits per heavy atom. The summed E-state index contributed by atoms with van der Waals surface area (Å²) in [5.74, 6) is 1.60. The van der Waals surface area contributed by atoms with Crippen molar-refractivity contribution in [3.8, 4) is 5.75 Å². The number of aromatic amines is 1. The summed E-state index contributed by atoms with van der Waals surface area (Å²) in [6, 6.07) is 7.53. The van der Waals surface area contributed by atoms with Crippen LogP contribution in [0.3, 0.4) is 0 Å². The average Bonchev–Trinajstić information content (AvgIpc) is 3.01. The van der Waals surface area contributed by atoms with E-state index in [-0.39, 0.29) is 11.9 Å². The molecule has 0 radical (unpaired) electrons. The number of benzene rings is 1. The average molecular weight is 287 g/mol. The van der Waals surface area contributed by atoms with Crippen LogP contribution >= 0.6 is 0 Å². The zero-order valence-electron chi connectivity index (χ0n) is 12.4. The number of imidazole rings is 1. The molecule has 0 spiro atoms. The molecule has 0 aliphatic carbocycles. The molecular weight excluding hydrogens is 266 g/mol. The minimum atomic E-state index is -0.0739. The summed E-state index contributed by atoms with van der Waals surface area (Å²) in [5.41, 5.74) is 0.963. The van der Waals surface area contributed by atoms with E-state index in [0.717, 1.165) is 23.6 Å². The second-order valence-corrected chi connectivity index (χ2v) is 4.76. The number of amides is 1. The maximum absolute atomic E-state index is 12.1. The van der Waals surface area contributed by atoms with Crippen LogP contribution in [0.5, 0.6) is 5.75 Å². The molecule has 2 aromatic rings. The number of nitrogens with zero attached hydrogens (tertiary/aromatic N) is 1. The van der Waals surface area contributed by atoms with Gasteiger partial charge in [0.15, 0.2) is 0 Å². The number of aromatic nitrogens is 2. The SMILES string of the molecule is CCOc1ccc(CC(=O)NC(CC)c2ncc[nH]2)cc1. The second-order valence-electron chi connectivity index (χ2n) is 4.76. The van der Waals surface area contributed by atoms with Crippen LogP contribution in [0, 0.1) is 0 Å². The molecule has 0 saturated carbocycles. The van der Waals surface area contributed by atoms with E-state index in [9.17, 15) is 4.79 Å². The summed E-state index contributed by atoms with van der Waals surface area (Å²) in [5, 5.41) is 2.99. The zero-order valence-corrected chi connectivity index (χ0v) is 12.4. The highest BCUT2D eigenvalue weighted by Gasteiger charge is 2.14. The summed E-state index contributed by atoms with van der Waals surface area (Å²) in [7, 11) is 0. The van der Waals surface area contributed by atoms with Crippen molar-refractivity contribution in [3.05, 3.63) is 48.0 Å². The lowest BCUT2D eigenvalue weighted by Gasteiger charge is -2.14. The third kappa shape index (κ3) is 4.34. The van der Waals surface area contributed by atoms with Gasteiger partial charge in [-0.25, -0.2) is 4.98 Å². The third-order valence-corrected chi connectivity index (χ3v) is 3.19. The monoisotopic (exact) mass is 287 g/mol. The first-order chi connectivity index (χ1) is 10.2. The van der Waals surface area contributed by atoms with Crippen LogP contribution in [0.4, 0.5) is 0 Å². The first-order valence-corrected chi connectivity index (χ1v) is 7.23. The summed E-state index contributed by atoms with van der Waals surface area (Å²) in [6.45, 7) is 4.60. The largest absolute Gasteiger partial charge is 0.494 e. The van der Waals surface area contributed by atoms with E-state index in [1.165, 1.54) is 0 Å². The molecular formula is C16H21N3O2. The lowest BCUT2D eigenvalue weighted by molar-refractivity contribution is -0.121. The number of ether oxygens (including phenoxy) is 1. The van der Waals surface area contributed by atoms with E-state index in [1.807, 2.05) is 38.1 Å². The molecule has 1 aromatic carbocycles. The Morgan fingerprint density at radius 2 is 2.10 bits per heavy atom. The van der Waals surface area contributed by atoms with Crippen molar-refractivity contribution >= 4 is 5.91 Å². The summed E-state index contributed by atoms with van der Waals surface area (Å²) in [6.07, 6.45) is 4.60. The van der Waals surface area contributed by atoms with Crippen LogP contribution in [0.15, 0.2) is 36.7 Å². The summed E-state index contributed by atoms with van der Waals surface area (Å²) < 4.78 is 5.38. The Bertz CT molecular complexity index is 549. The Kier molecular flexibility index (Phi) is 5.37. The highest BCUT2D eigenvalue weighted by Crippen LogP contribution is 2.14. The van der Waals surface area contributed by atoms with Crippen LogP contribution < -0.4 is 10.1 Å². The number of hydrogen-bond donors (Lipinski definition) is 2. The van der Waals surface area contributed by atoms with Crippen molar-refractivity contribution in [3.63, 3.8) is 0 Å². The predicted octanol–water partition coefficient (Wildman–Crippen LogP) is 2.62. The second kappa shape index (κ2) is 7.47. The first-order valence-electron chi connectivity index (χ1n) is 7.23. The highest BCUT2D eigenvalue weighted by atomic mass is 16.5. The molecule has 0 saturated heterocycles. The molecule has 5 nitrogen and oxygen atoms in total. The maximum atomic E-state index is 12.1. The molecule has 1 unspecified atom stereocenters. The van der Waals surface area contributed by atoms with Gasteiger partial charge in [-0.2, -0.15) is 0 Å². The molecule has 0 bridgehead atoms. The van der Waals surface area contributed by atoms with Gasteiger partial charge in [-0.15, -0.1) is 0 Å². The summed E-state index contributed by atoms with van der Waals surface area (Å²) >= 11 is 0. The fourth-order valence-corrected chi connectivity index (χ4v) is 2.13. The molecule has 21 heavy (non-hydrogen) atoms. The summed E-state index contributed by atoms with van der Waals surface area (Å²) in [4.78, 5) is 19.3. The highest BCUT2D eigenvalue weighted by molar-refractivity contribution is 5.78. The standard InChI is InChI=1S/C16H21N3O2/c1-3-14(16-17-9-10-18-16)19-15(20)11-12-5-7-13(8-6-12)21-4-2/h5-10,14H,3-4,11H2,1-2H3,(H,17,18)(H,19,20). The quantitative estimate of drug-likeness (QED) is 0.822. The minimum Gasteiger partial charge on any atom is -0.494 e. The van der Waals surface area contributed by atoms with E-state index >= 15 is 0 Å². The van der Waals surface area contributed by atoms with E-state index in [0.29, 0.717) is 13.0 Å². The smallest absolute Gasteiger partial charge is 0.225 e. The van der Waals surface area contributed by atoms with Gasteiger partial charge in [0.2, 0.25) is 5.91 Å². The molecule has 2 rings (SSSR count). The number of rotatable bonds is 7. The van der Waals surface area contributed by atoms with Gasteiger partial charge in [-0.05, 0) is 31.0 Å².